The lowest BCUT2D eigenvalue weighted by atomic mass is 10.2. The molecule has 0 unspecified atom stereocenters. The molecule has 0 aromatic carbocycles. The maximum atomic E-state index is 11.4. The molecule has 0 saturated heterocycles. The summed E-state index contributed by atoms with van der Waals surface area (Å²) in [5, 5.41) is 0. The zero-order valence-corrected chi connectivity index (χ0v) is 18.1. The highest BCUT2D eigenvalue weighted by Crippen LogP contribution is 2.38. The van der Waals surface area contributed by atoms with Gasteiger partial charge in [-0.2, -0.15) is 0 Å². The van der Waals surface area contributed by atoms with Gasteiger partial charge in [0.25, 0.3) is 0 Å². The van der Waals surface area contributed by atoms with Crippen LogP contribution in [-0.4, -0.2) is 31.3 Å². The Morgan fingerprint density at radius 1 is 1.24 bits per heavy atom. The van der Waals surface area contributed by atoms with Crippen molar-refractivity contribution >= 4 is 71.7 Å². The molecular formula is C13H22Cl3IO3Si. The Morgan fingerprint density at radius 2 is 1.71 bits per heavy atom. The average molecular weight is 488 g/mol. The Bertz CT molecular complexity index is 360. The highest BCUT2D eigenvalue weighted by atomic mass is 127. The molecule has 0 N–H and O–H groups in total. The minimum atomic E-state index is -1.90. The second-order valence-corrected chi connectivity index (χ2v) is 12.9. The van der Waals surface area contributed by atoms with Crippen molar-refractivity contribution in [1.82, 2.24) is 0 Å². The fraction of sp³-hybridized carbons (Fsp3) is 0.769. The molecule has 0 aliphatic heterocycles. The summed E-state index contributed by atoms with van der Waals surface area (Å²) in [4.78, 5) is 11.4. The highest BCUT2D eigenvalue weighted by molar-refractivity contribution is 14.1. The summed E-state index contributed by atoms with van der Waals surface area (Å²) < 4.78 is 9.83. The number of esters is 1. The summed E-state index contributed by atoms with van der Waals surface area (Å²) in [6.07, 6.45) is 1.49. The van der Waals surface area contributed by atoms with E-state index in [2.05, 4.69) is 25.5 Å². The Kier molecular flexibility index (Phi) is 10.4. The molecule has 0 saturated carbocycles. The molecule has 21 heavy (non-hydrogen) atoms. The molecule has 0 heterocycles. The molecule has 0 aliphatic rings. The lowest BCUT2D eigenvalue weighted by molar-refractivity contribution is -0.135. The van der Waals surface area contributed by atoms with Crippen LogP contribution in [-0.2, 0) is 14.0 Å². The number of hydrogen-bond donors (Lipinski definition) is 0. The van der Waals surface area contributed by atoms with Crippen molar-refractivity contribution in [2.75, 3.05) is 7.11 Å². The van der Waals surface area contributed by atoms with Crippen LogP contribution < -0.4 is 0 Å². The third-order valence-electron chi connectivity index (χ3n) is 3.58. The van der Waals surface area contributed by atoms with Crippen molar-refractivity contribution in [2.24, 2.45) is 0 Å². The Morgan fingerprint density at radius 3 is 2.05 bits per heavy atom. The molecule has 0 aromatic heterocycles. The van der Waals surface area contributed by atoms with Crippen LogP contribution in [0.15, 0.2) is 9.66 Å². The van der Waals surface area contributed by atoms with Crippen LogP contribution in [0.3, 0.4) is 0 Å². The number of rotatable bonds is 8. The van der Waals surface area contributed by atoms with Gasteiger partial charge >= 0.3 is 5.97 Å². The molecule has 8 heteroatoms. The Balaban J connectivity index is 5.12. The van der Waals surface area contributed by atoms with Crippen LogP contribution in [0.2, 0.25) is 18.1 Å². The SMILES string of the molecule is CC[Si](CC)(CC)O[C@H](C/C=C(\I)C(=O)OC)C(Cl)(Cl)Cl. The molecule has 0 bridgehead atoms. The number of carbonyl (C=O) groups excluding carboxylic acids is 1. The normalized spacial score (nSPS) is 15.0. The predicted octanol–water partition coefficient (Wildman–Crippen LogP) is 5.63. The first-order valence-electron chi connectivity index (χ1n) is 6.84. The number of methoxy groups -OCH3 is 1. The number of halogens is 4. The van der Waals surface area contributed by atoms with Crippen LogP contribution in [0.1, 0.15) is 27.2 Å². The van der Waals surface area contributed by atoms with E-state index < -0.39 is 24.2 Å². The summed E-state index contributed by atoms with van der Waals surface area (Å²) in [6.45, 7) is 6.34. The van der Waals surface area contributed by atoms with Gasteiger partial charge < -0.3 is 9.16 Å². The zero-order valence-electron chi connectivity index (χ0n) is 12.7. The monoisotopic (exact) mass is 486 g/mol. The van der Waals surface area contributed by atoms with Gasteiger partial charge in [-0.3, -0.25) is 0 Å². The Labute approximate surface area is 156 Å². The number of alkyl halides is 3. The van der Waals surface area contributed by atoms with E-state index >= 15 is 0 Å². The average Bonchev–Trinajstić information content (AvgIpc) is 2.45. The molecule has 1 atom stereocenters. The number of carbonyl (C=O) groups is 1. The second kappa shape index (κ2) is 9.98. The summed E-state index contributed by atoms with van der Waals surface area (Å²) in [7, 11) is -0.565. The molecule has 0 fully saturated rings. The summed E-state index contributed by atoms with van der Waals surface area (Å²) in [5.74, 6) is -0.399. The van der Waals surface area contributed by atoms with Crippen molar-refractivity contribution in [1.29, 1.82) is 0 Å². The first-order chi connectivity index (χ1) is 9.65. The van der Waals surface area contributed by atoms with E-state index in [0.717, 1.165) is 18.1 Å². The van der Waals surface area contributed by atoms with Crippen molar-refractivity contribution < 1.29 is 14.0 Å². The first kappa shape index (κ1) is 22.0. The van der Waals surface area contributed by atoms with Crippen molar-refractivity contribution in [2.45, 2.75) is 55.2 Å². The molecule has 0 rings (SSSR count). The van der Waals surface area contributed by atoms with Gasteiger partial charge in [0.1, 0.15) is 0 Å². The van der Waals surface area contributed by atoms with Gasteiger partial charge in [0.05, 0.1) is 16.8 Å². The van der Waals surface area contributed by atoms with Crippen LogP contribution in [0, 0.1) is 0 Å². The van der Waals surface area contributed by atoms with Crippen LogP contribution in [0.5, 0.6) is 0 Å². The van der Waals surface area contributed by atoms with Gasteiger partial charge in [-0.05, 0) is 47.1 Å². The molecular weight excluding hydrogens is 465 g/mol. The molecule has 124 valence electrons. The fourth-order valence-corrected chi connectivity index (χ4v) is 5.92. The fourth-order valence-electron chi connectivity index (χ4n) is 1.94. The number of hydrogen-bond acceptors (Lipinski definition) is 3. The third-order valence-corrected chi connectivity index (χ3v) is 9.84. The quantitative estimate of drug-likeness (QED) is 0.146. The van der Waals surface area contributed by atoms with Crippen LogP contribution in [0.25, 0.3) is 0 Å². The largest absolute Gasteiger partial charge is 0.465 e. The zero-order chi connectivity index (χ0) is 16.7. The van der Waals surface area contributed by atoms with Crippen LogP contribution >= 0.6 is 57.4 Å². The van der Waals surface area contributed by atoms with E-state index in [-0.39, 0.29) is 0 Å². The minimum Gasteiger partial charge on any atom is -0.465 e. The van der Waals surface area contributed by atoms with Gasteiger partial charge in [0.15, 0.2) is 8.32 Å². The maximum Gasteiger partial charge on any atom is 0.343 e. The lowest BCUT2D eigenvalue weighted by Crippen LogP contribution is -2.44. The van der Waals surface area contributed by atoms with E-state index in [9.17, 15) is 4.79 Å². The van der Waals surface area contributed by atoms with Gasteiger partial charge in [-0.25, -0.2) is 4.79 Å². The topological polar surface area (TPSA) is 35.5 Å². The van der Waals surface area contributed by atoms with E-state index in [1.807, 2.05) is 22.6 Å². The summed E-state index contributed by atoms with van der Waals surface area (Å²) >= 11 is 20.1. The van der Waals surface area contributed by atoms with Gasteiger partial charge in [-0.1, -0.05) is 61.7 Å². The number of ether oxygens (including phenoxy) is 1. The first-order valence-corrected chi connectivity index (χ1v) is 11.6. The summed E-state index contributed by atoms with van der Waals surface area (Å²) in [6, 6.07) is 2.90. The van der Waals surface area contributed by atoms with E-state index in [0.29, 0.717) is 10.0 Å². The predicted molar refractivity (Wildman–Crippen MR) is 101 cm³/mol. The Hall–Kier alpha value is 0.987. The standard InChI is InChI=1S/C13H22Cl3IO3Si/c1-5-21(6-2,7-3)20-11(13(14,15)16)9-8-10(17)12(18)19-4/h8,11H,5-7,9H2,1-4H3/b10-8-/t11-/m1/s1. The van der Waals surface area contributed by atoms with E-state index in [1.54, 1.807) is 6.08 Å². The maximum absolute atomic E-state index is 11.4. The highest BCUT2D eigenvalue weighted by Gasteiger charge is 2.40. The minimum absolute atomic E-state index is 0.360. The van der Waals surface area contributed by atoms with Crippen molar-refractivity contribution in [3.05, 3.63) is 9.66 Å². The van der Waals surface area contributed by atoms with Crippen LogP contribution in [0.4, 0.5) is 0 Å². The van der Waals surface area contributed by atoms with Gasteiger partial charge in [0.2, 0.25) is 3.79 Å². The van der Waals surface area contributed by atoms with E-state index in [4.69, 9.17) is 39.2 Å². The molecule has 0 aliphatic carbocycles. The smallest absolute Gasteiger partial charge is 0.343 e. The summed E-state index contributed by atoms with van der Waals surface area (Å²) in [5.41, 5.74) is 0. The lowest BCUT2D eigenvalue weighted by Gasteiger charge is -2.36. The molecule has 3 nitrogen and oxygen atoms in total. The molecule has 0 amide bonds. The van der Waals surface area contributed by atoms with Crippen molar-refractivity contribution in [3.63, 3.8) is 0 Å². The van der Waals surface area contributed by atoms with E-state index in [1.165, 1.54) is 7.11 Å². The van der Waals surface area contributed by atoms with Gasteiger partial charge in [-0.15, -0.1) is 0 Å². The van der Waals surface area contributed by atoms with Crippen molar-refractivity contribution in [3.8, 4) is 0 Å². The second-order valence-electron chi connectivity index (χ2n) is 4.67. The molecule has 0 aromatic rings. The molecule has 0 radical (unpaired) electrons. The third kappa shape index (κ3) is 7.39. The van der Waals surface area contributed by atoms with Gasteiger partial charge in [0, 0.05) is 0 Å². The molecule has 0 spiro atoms.